The Labute approximate surface area is 198 Å². The van der Waals surface area contributed by atoms with Crippen molar-refractivity contribution in [1.29, 1.82) is 0 Å². The van der Waals surface area contributed by atoms with Crippen molar-refractivity contribution in [3.63, 3.8) is 0 Å². The Morgan fingerprint density at radius 2 is 1.44 bits per heavy atom. The molecule has 0 aliphatic carbocycles. The minimum Gasteiger partial charge on any atom is -0.352 e. The molecule has 0 atom stereocenters. The maximum absolute atomic E-state index is 12.4. The fourth-order valence-electron chi connectivity index (χ4n) is 3.55. The predicted octanol–water partition coefficient (Wildman–Crippen LogP) is 4.43. The van der Waals surface area contributed by atoms with Crippen LogP contribution in [0.3, 0.4) is 0 Å². The van der Waals surface area contributed by atoms with Crippen LogP contribution in [0.2, 0.25) is 0 Å². The van der Waals surface area contributed by atoms with E-state index in [0.717, 1.165) is 22.4 Å². The highest BCUT2D eigenvalue weighted by atomic mass is 16.2. The molecule has 4 rings (SSSR count). The van der Waals surface area contributed by atoms with Gasteiger partial charge in [0.15, 0.2) is 0 Å². The van der Waals surface area contributed by atoms with Crippen LogP contribution in [0.4, 0.5) is 10.5 Å². The summed E-state index contributed by atoms with van der Waals surface area (Å²) in [6, 6.07) is 28.9. The first-order valence-electron chi connectivity index (χ1n) is 11.2. The summed E-state index contributed by atoms with van der Waals surface area (Å²) in [5.74, 6) is -0.144. The van der Waals surface area contributed by atoms with Gasteiger partial charge in [0.2, 0.25) is 5.91 Å². The zero-order valence-corrected chi connectivity index (χ0v) is 18.8. The number of nitrogens with one attached hydrogen (secondary N) is 3. The van der Waals surface area contributed by atoms with Gasteiger partial charge in [-0.15, -0.1) is 0 Å². The zero-order valence-electron chi connectivity index (χ0n) is 18.8. The molecule has 1 aromatic heterocycles. The second-order valence-electron chi connectivity index (χ2n) is 7.83. The van der Waals surface area contributed by atoms with Crippen LogP contribution < -0.4 is 16.0 Å². The summed E-state index contributed by atoms with van der Waals surface area (Å²) in [7, 11) is 0. The number of benzene rings is 3. The molecule has 0 saturated heterocycles. The molecule has 3 aromatic carbocycles. The molecule has 172 valence electrons. The van der Waals surface area contributed by atoms with E-state index < -0.39 is 0 Å². The third kappa shape index (κ3) is 6.56. The van der Waals surface area contributed by atoms with Gasteiger partial charge >= 0.3 is 6.03 Å². The van der Waals surface area contributed by atoms with Crippen LogP contribution in [0.1, 0.15) is 17.5 Å². The minimum absolute atomic E-state index is 0.144. The Bertz CT molecular complexity index is 1210. The molecule has 0 aliphatic heterocycles. The number of hydrogen-bond acceptors (Lipinski definition) is 3. The lowest BCUT2D eigenvalue weighted by molar-refractivity contribution is -0.121. The standard InChI is InChI=1S/C27H27N5O2/c33-25(16-17-28-27(34)30-24-14-8-3-9-15-24)29-18-23-20-32(19-21-10-4-1-5-11-21)31-26(23)22-12-6-2-7-13-22/h1-15,20H,16-19H2,(H,29,33)(H2,28,30,34). The van der Waals surface area contributed by atoms with E-state index >= 15 is 0 Å². The van der Waals surface area contributed by atoms with Crippen molar-refractivity contribution in [2.24, 2.45) is 0 Å². The normalized spacial score (nSPS) is 10.5. The van der Waals surface area contributed by atoms with Gasteiger partial charge in [-0.25, -0.2) is 4.79 Å². The van der Waals surface area contributed by atoms with Crippen molar-refractivity contribution in [3.05, 3.63) is 108 Å². The highest BCUT2D eigenvalue weighted by molar-refractivity contribution is 5.89. The molecular formula is C27H27N5O2. The molecule has 3 amide bonds. The zero-order chi connectivity index (χ0) is 23.6. The van der Waals surface area contributed by atoms with Crippen LogP contribution in [0.5, 0.6) is 0 Å². The highest BCUT2D eigenvalue weighted by Crippen LogP contribution is 2.22. The van der Waals surface area contributed by atoms with Gasteiger partial charge < -0.3 is 16.0 Å². The molecule has 3 N–H and O–H groups in total. The van der Waals surface area contributed by atoms with Crippen molar-refractivity contribution >= 4 is 17.6 Å². The van der Waals surface area contributed by atoms with Gasteiger partial charge in [0.05, 0.1) is 12.2 Å². The molecule has 0 spiro atoms. The topological polar surface area (TPSA) is 88.0 Å². The molecule has 7 heteroatoms. The molecule has 0 saturated carbocycles. The average Bonchev–Trinajstić information content (AvgIpc) is 3.27. The molecule has 1 heterocycles. The highest BCUT2D eigenvalue weighted by Gasteiger charge is 2.13. The SMILES string of the molecule is O=C(CCNC(=O)Nc1ccccc1)NCc1cn(Cc2ccccc2)nc1-c1ccccc1. The van der Waals surface area contributed by atoms with Gasteiger partial charge in [-0.05, 0) is 17.7 Å². The van der Waals surface area contributed by atoms with Gasteiger partial charge in [0, 0.05) is 42.5 Å². The van der Waals surface area contributed by atoms with Crippen LogP contribution >= 0.6 is 0 Å². The number of para-hydroxylation sites is 1. The number of nitrogens with zero attached hydrogens (tertiary/aromatic N) is 2. The number of amides is 3. The third-order valence-electron chi connectivity index (χ3n) is 5.22. The fourth-order valence-corrected chi connectivity index (χ4v) is 3.55. The quantitative estimate of drug-likeness (QED) is 0.350. The summed E-state index contributed by atoms with van der Waals surface area (Å²) < 4.78 is 1.90. The summed E-state index contributed by atoms with van der Waals surface area (Å²) in [6.07, 6.45) is 2.15. The lowest BCUT2D eigenvalue weighted by Gasteiger charge is -2.08. The van der Waals surface area contributed by atoms with Crippen molar-refractivity contribution in [3.8, 4) is 11.3 Å². The van der Waals surface area contributed by atoms with Gasteiger partial charge in [-0.3, -0.25) is 9.48 Å². The van der Waals surface area contributed by atoms with Gasteiger partial charge in [-0.2, -0.15) is 5.10 Å². The van der Waals surface area contributed by atoms with Gasteiger partial charge in [-0.1, -0.05) is 78.9 Å². The van der Waals surface area contributed by atoms with E-state index in [2.05, 4.69) is 28.1 Å². The number of hydrogen-bond donors (Lipinski definition) is 3. The van der Waals surface area contributed by atoms with E-state index in [4.69, 9.17) is 5.10 Å². The fraction of sp³-hybridized carbons (Fsp3) is 0.148. The van der Waals surface area contributed by atoms with E-state index in [0.29, 0.717) is 18.8 Å². The monoisotopic (exact) mass is 453 g/mol. The lowest BCUT2D eigenvalue weighted by Crippen LogP contribution is -2.33. The van der Waals surface area contributed by atoms with E-state index in [1.54, 1.807) is 12.1 Å². The summed E-state index contributed by atoms with van der Waals surface area (Å²) >= 11 is 0. The van der Waals surface area contributed by atoms with Crippen LogP contribution in [-0.2, 0) is 17.9 Å². The maximum atomic E-state index is 12.4. The average molecular weight is 454 g/mol. The van der Waals surface area contributed by atoms with E-state index in [-0.39, 0.29) is 24.9 Å². The van der Waals surface area contributed by atoms with Crippen molar-refractivity contribution < 1.29 is 9.59 Å². The Morgan fingerprint density at radius 3 is 2.15 bits per heavy atom. The van der Waals surface area contributed by atoms with Gasteiger partial charge in [0.25, 0.3) is 0 Å². The second-order valence-corrected chi connectivity index (χ2v) is 7.83. The first kappa shape index (κ1) is 22.8. The Hall–Kier alpha value is -4.39. The first-order chi connectivity index (χ1) is 16.7. The van der Waals surface area contributed by atoms with Crippen molar-refractivity contribution in [2.45, 2.75) is 19.5 Å². The maximum Gasteiger partial charge on any atom is 0.319 e. The number of carbonyl (C=O) groups is 2. The lowest BCUT2D eigenvalue weighted by atomic mass is 10.1. The van der Waals surface area contributed by atoms with Crippen LogP contribution in [-0.4, -0.2) is 28.3 Å². The Balaban J connectivity index is 1.33. The summed E-state index contributed by atoms with van der Waals surface area (Å²) in [6.45, 7) is 1.24. The molecule has 0 fully saturated rings. The Kier molecular flexibility index (Phi) is 7.69. The molecule has 0 bridgehead atoms. The largest absolute Gasteiger partial charge is 0.352 e. The van der Waals surface area contributed by atoms with Crippen LogP contribution in [0, 0.1) is 0 Å². The third-order valence-corrected chi connectivity index (χ3v) is 5.22. The van der Waals surface area contributed by atoms with E-state index in [1.165, 1.54) is 0 Å². The Morgan fingerprint density at radius 1 is 0.794 bits per heavy atom. The molecule has 4 aromatic rings. The van der Waals surface area contributed by atoms with Crippen molar-refractivity contribution in [2.75, 3.05) is 11.9 Å². The number of rotatable bonds is 9. The van der Waals surface area contributed by atoms with Crippen molar-refractivity contribution in [1.82, 2.24) is 20.4 Å². The van der Waals surface area contributed by atoms with E-state index in [9.17, 15) is 9.59 Å². The molecular weight excluding hydrogens is 426 g/mol. The summed E-state index contributed by atoms with van der Waals surface area (Å²) in [4.78, 5) is 24.4. The smallest absolute Gasteiger partial charge is 0.319 e. The molecule has 0 aliphatic rings. The number of aromatic nitrogens is 2. The first-order valence-corrected chi connectivity index (χ1v) is 11.2. The molecule has 34 heavy (non-hydrogen) atoms. The molecule has 7 nitrogen and oxygen atoms in total. The number of carbonyl (C=O) groups excluding carboxylic acids is 2. The summed E-state index contributed by atoms with van der Waals surface area (Å²) in [5, 5.41) is 13.2. The minimum atomic E-state index is -0.340. The van der Waals surface area contributed by atoms with Gasteiger partial charge in [0.1, 0.15) is 0 Å². The number of urea groups is 1. The summed E-state index contributed by atoms with van der Waals surface area (Å²) in [5.41, 5.74) is 4.63. The molecule has 0 unspecified atom stereocenters. The second kappa shape index (κ2) is 11.5. The van der Waals surface area contributed by atoms with Crippen LogP contribution in [0.25, 0.3) is 11.3 Å². The molecule has 0 radical (unpaired) electrons. The van der Waals surface area contributed by atoms with Crippen LogP contribution in [0.15, 0.2) is 97.2 Å². The van der Waals surface area contributed by atoms with E-state index in [1.807, 2.05) is 77.6 Å². The number of anilines is 1. The predicted molar refractivity (Wildman–Crippen MR) is 133 cm³/mol.